The highest BCUT2D eigenvalue weighted by Gasteiger charge is 1.96. The zero-order valence-corrected chi connectivity index (χ0v) is 9.05. The highest BCUT2D eigenvalue weighted by Crippen LogP contribution is 2.10. The summed E-state index contributed by atoms with van der Waals surface area (Å²) in [4.78, 5) is 0. The van der Waals surface area contributed by atoms with Gasteiger partial charge >= 0.3 is 0 Å². The van der Waals surface area contributed by atoms with Crippen molar-refractivity contribution in [3.63, 3.8) is 0 Å². The van der Waals surface area contributed by atoms with E-state index in [1.165, 1.54) is 16.7 Å². The Morgan fingerprint density at radius 3 is 2.64 bits per heavy atom. The number of aryl methyl sites for hydroxylation is 2. The van der Waals surface area contributed by atoms with Crippen molar-refractivity contribution in [1.82, 2.24) is 0 Å². The molecular formula is C12H19NO. The molecule has 0 amide bonds. The fourth-order valence-electron chi connectivity index (χ4n) is 1.27. The van der Waals surface area contributed by atoms with Gasteiger partial charge in [-0.1, -0.05) is 18.2 Å². The number of ether oxygens (including phenoxy) is 1. The first kappa shape index (κ1) is 11.2. The van der Waals surface area contributed by atoms with Crippen LogP contribution < -0.4 is 5.73 Å². The van der Waals surface area contributed by atoms with Gasteiger partial charge in [0.05, 0.1) is 6.61 Å². The third kappa shape index (κ3) is 3.48. The third-order valence-electron chi connectivity index (χ3n) is 2.33. The second-order valence-electron chi connectivity index (χ2n) is 3.61. The van der Waals surface area contributed by atoms with Crippen LogP contribution >= 0.6 is 0 Å². The summed E-state index contributed by atoms with van der Waals surface area (Å²) >= 11 is 0. The van der Waals surface area contributed by atoms with Crippen molar-refractivity contribution in [3.05, 3.63) is 34.9 Å². The van der Waals surface area contributed by atoms with E-state index in [2.05, 4.69) is 32.0 Å². The standard InChI is InChI=1S/C12H19NO/c1-10-4-5-12(8-11(10)2)9-14-7-3-6-13/h4-5,8H,3,6-7,9,13H2,1-2H3. The Hall–Kier alpha value is -0.860. The normalized spacial score (nSPS) is 10.5. The number of rotatable bonds is 5. The van der Waals surface area contributed by atoms with Gasteiger partial charge in [-0.25, -0.2) is 0 Å². The van der Waals surface area contributed by atoms with E-state index in [9.17, 15) is 0 Å². The third-order valence-corrected chi connectivity index (χ3v) is 2.33. The second kappa shape index (κ2) is 5.78. The SMILES string of the molecule is Cc1ccc(COCCCN)cc1C. The molecule has 0 unspecified atom stereocenters. The smallest absolute Gasteiger partial charge is 0.0716 e. The predicted octanol–water partition coefficient (Wildman–Crippen LogP) is 2.17. The van der Waals surface area contributed by atoms with Crippen LogP contribution in [0.25, 0.3) is 0 Å². The van der Waals surface area contributed by atoms with Gasteiger partial charge in [0.25, 0.3) is 0 Å². The van der Waals surface area contributed by atoms with Crippen LogP contribution in [0.2, 0.25) is 0 Å². The quantitative estimate of drug-likeness (QED) is 0.727. The van der Waals surface area contributed by atoms with Crippen molar-refractivity contribution in [2.75, 3.05) is 13.2 Å². The summed E-state index contributed by atoms with van der Waals surface area (Å²) in [5.74, 6) is 0. The highest BCUT2D eigenvalue weighted by atomic mass is 16.5. The Kier molecular flexibility index (Phi) is 4.63. The second-order valence-corrected chi connectivity index (χ2v) is 3.61. The summed E-state index contributed by atoms with van der Waals surface area (Å²) < 4.78 is 5.47. The van der Waals surface area contributed by atoms with Crippen LogP contribution in [0.1, 0.15) is 23.1 Å². The van der Waals surface area contributed by atoms with Gasteiger partial charge in [0.15, 0.2) is 0 Å². The van der Waals surface area contributed by atoms with Gasteiger partial charge in [0, 0.05) is 6.61 Å². The molecule has 78 valence electrons. The van der Waals surface area contributed by atoms with Crippen molar-refractivity contribution in [3.8, 4) is 0 Å². The molecule has 0 heterocycles. The first-order valence-electron chi connectivity index (χ1n) is 5.08. The molecule has 0 bridgehead atoms. The van der Waals surface area contributed by atoms with Gasteiger partial charge < -0.3 is 10.5 Å². The number of benzene rings is 1. The molecule has 2 nitrogen and oxygen atoms in total. The maximum absolute atomic E-state index is 5.47. The van der Waals surface area contributed by atoms with Crippen LogP contribution in [0.4, 0.5) is 0 Å². The van der Waals surface area contributed by atoms with E-state index in [1.54, 1.807) is 0 Å². The number of nitrogens with two attached hydrogens (primary N) is 1. The van der Waals surface area contributed by atoms with Crippen LogP contribution in [0.15, 0.2) is 18.2 Å². The summed E-state index contributed by atoms with van der Waals surface area (Å²) in [6.45, 7) is 6.39. The lowest BCUT2D eigenvalue weighted by atomic mass is 10.1. The fraction of sp³-hybridized carbons (Fsp3) is 0.500. The molecule has 0 aliphatic carbocycles. The Labute approximate surface area is 86.1 Å². The van der Waals surface area contributed by atoms with Crippen molar-refractivity contribution >= 4 is 0 Å². The Balaban J connectivity index is 2.39. The van der Waals surface area contributed by atoms with Gasteiger partial charge in [-0.2, -0.15) is 0 Å². The summed E-state index contributed by atoms with van der Waals surface area (Å²) in [7, 11) is 0. The monoisotopic (exact) mass is 193 g/mol. The lowest BCUT2D eigenvalue weighted by Crippen LogP contribution is -2.04. The summed E-state index contributed by atoms with van der Waals surface area (Å²) in [6, 6.07) is 6.43. The molecular weight excluding hydrogens is 174 g/mol. The Bertz CT molecular complexity index is 284. The van der Waals surface area contributed by atoms with E-state index in [0.717, 1.165) is 13.0 Å². The predicted molar refractivity (Wildman–Crippen MR) is 59.2 cm³/mol. The molecule has 1 aromatic carbocycles. The van der Waals surface area contributed by atoms with Crippen LogP contribution in [-0.4, -0.2) is 13.2 Å². The minimum atomic E-state index is 0.696. The zero-order valence-electron chi connectivity index (χ0n) is 9.05. The molecule has 1 rings (SSSR count). The van der Waals surface area contributed by atoms with Crippen LogP contribution in [0.3, 0.4) is 0 Å². The van der Waals surface area contributed by atoms with Crippen LogP contribution in [0.5, 0.6) is 0 Å². The van der Waals surface area contributed by atoms with E-state index in [1.807, 2.05) is 0 Å². The van der Waals surface area contributed by atoms with Crippen molar-refractivity contribution < 1.29 is 4.74 Å². The van der Waals surface area contributed by atoms with Gasteiger partial charge in [-0.15, -0.1) is 0 Å². The van der Waals surface area contributed by atoms with E-state index in [-0.39, 0.29) is 0 Å². The molecule has 0 radical (unpaired) electrons. The van der Waals surface area contributed by atoms with Gasteiger partial charge in [0.1, 0.15) is 0 Å². The van der Waals surface area contributed by atoms with Gasteiger partial charge in [-0.05, 0) is 43.5 Å². The average molecular weight is 193 g/mol. The molecule has 1 aromatic rings. The molecule has 14 heavy (non-hydrogen) atoms. The lowest BCUT2D eigenvalue weighted by molar-refractivity contribution is 0.120. The molecule has 0 fully saturated rings. The Morgan fingerprint density at radius 1 is 1.21 bits per heavy atom. The lowest BCUT2D eigenvalue weighted by Gasteiger charge is -2.06. The van der Waals surface area contributed by atoms with Gasteiger partial charge in [-0.3, -0.25) is 0 Å². The molecule has 0 atom stereocenters. The molecule has 0 aliphatic heterocycles. The van der Waals surface area contributed by atoms with Crippen molar-refractivity contribution in [2.45, 2.75) is 26.9 Å². The largest absolute Gasteiger partial charge is 0.377 e. The van der Waals surface area contributed by atoms with Crippen LogP contribution in [-0.2, 0) is 11.3 Å². The summed E-state index contributed by atoms with van der Waals surface area (Å²) in [6.07, 6.45) is 0.935. The summed E-state index contributed by atoms with van der Waals surface area (Å²) in [5.41, 5.74) is 9.27. The number of hydrogen-bond donors (Lipinski definition) is 1. The highest BCUT2D eigenvalue weighted by molar-refractivity contribution is 5.29. The van der Waals surface area contributed by atoms with E-state index in [0.29, 0.717) is 13.2 Å². The van der Waals surface area contributed by atoms with Crippen molar-refractivity contribution in [1.29, 1.82) is 0 Å². The van der Waals surface area contributed by atoms with E-state index < -0.39 is 0 Å². The fourth-order valence-corrected chi connectivity index (χ4v) is 1.27. The maximum Gasteiger partial charge on any atom is 0.0716 e. The van der Waals surface area contributed by atoms with E-state index in [4.69, 9.17) is 10.5 Å². The topological polar surface area (TPSA) is 35.2 Å². The summed E-state index contributed by atoms with van der Waals surface area (Å²) in [5, 5.41) is 0. The molecule has 2 N–H and O–H groups in total. The first-order valence-corrected chi connectivity index (χ1v) is 5.08. The molecule has 2 heteroatoms. The first-order chi connectivity index (χ1) is 6.74. The maximum atomic E-state index is 5.47. The molecule has 0 aromatic heterocycles. The number of hydrogen-bond acceptors (Lipinski definition) is 2. The molecule has 0 saturated heterocycles. The molecule has 0 spiro atoms. The zero-order chi connectivity index (χ0) is 10.4. The van der Waals surface area contributed by atoms with Crippen LogP contribution in [0, 0.1) is 13.8 Å². The van der Waals surface area contributed by atoms with Crippen molar-refractivity contribution in [2.24, 2.45) is 5.73 Å². The molecule has 0 aliphatic rings. The van der Waals surface area contributed by atoms with Gasteiger partial charge in [0.2, 0.25) is 0 Å². The average Bonchev–Trinajstić information content (AvgIpc) is 2.18. The Morgan fingerprint density at radius 2 is 2.00 bits per heavy atom. The minimum Gasteiger partial charge on any atom is -0.377 e. The van der Waals surface area contributed by atoms with E-state index >= 15 is 0 Å². The minimum absolute atomic E-state index is 0.696. The molecule has 0 saturated carbocycles.